The number of halogens is 1. The number of methoxy groups -OCH3 is 1. The highest BCUT2D eigenvalue weighted by Crippen LogP contribution is 2.36. The molecule has 0 saturated heterocycles. The molecule has 7 nitrogen and oxygen atoms in total. The van der Waals surface area contributed by atoms with Crippen LogP contribution in [0.15, 0.2) is 83.3 Å². The Morgan fingerprint density at radius 2 is 1.48 bits per heavy atom. The first-order valence-electron chi connectivity index (χ1n) is 16.7. The van der Waals surface area contributed by atoms with E-state index in [2.05, 4.69) is 104 Å². The van der Waals surface area contributed by atoms with Crippen molar-refractivity contribution in [3.05, 3.63) is 94.5 Å². The first-order chi connectivity index (χ1) is 22.8. The fourth-order valence-electron chi connectivity index (χ4n) is 5.62. The lowest BCUT2D eigenvalue weighted by atomic mass is 10.1. The third-order valence-corrected chi connectivity index (χ3v) is 13.5. The highest BCUT2D eigenvalue weighted by molar-refractivity contribution is 9.10. The number of hydrogen-bond acceptors (Lipinski definition) is 6. The number of ether oxygens (including phenoxy) is 4. The Labute approximate surface area is 297 Å². The number of allylic oxidation sites excluding steroid dienone is 1. The summed E-state index contributed by atoms with van der Waals surface area (Å²) >= 11 is 3.65. The molecule has 0 bridgehead atoms. The van der Waals surface area contributed by atoms with E-state index < -0.39 is 13.9 Å². The molecule has 0 N–H and O–H groups in total. The van der Waals surface area contributed by atoms with Crippen LogP contribution in [0.5, 0.6) is 5.75 Å². The van der Waals surface area contributed by atoms with E-state index >= 15 is 0 Å². The van der Waals surface area contributed by atoms with E-state index in [1.807, 2.05) is 45.0 Å². The Balaban J connectivity index is 1.60. The zero-order valence-electron chi connectivity index (χ0n) is 30.0. The van der Waals surface area contributed by atoms with Crippen LogP contribution >= 0.6 is 15.9 Å². The van der Waals surface area contributed by atoms with Crippen molar-refractivity contribution in [2.24, 2.45) is 0 Å². The summed E-state index contributed by atoms with van der Waals surface area (Å²) in [6.07, 6.45) is 5.65. The molecule has 0 heterocycles. The van der Waals surface area contributed by atoms with Crippen molar-refractivity contribution in [3.63, 3.8) is 0 Å². The first-order valence-corrected chi connectivity index (χ1v) is 19.4. The summed E-state index contributed by atoms with van der Waals surface area (Å²) in [4.78, 5) is 15.0. The Bertz CT molecular complexity index is 1370. The Morgan fingerprint density at radius 3 is 2.02 bits per heavy atom. The molecule has 48 heavy (non-hydrogen) atoms. The molecular weight excluding hydrogens is 686 g/mol. The van der Waals surface area contributed by atoms with Crippen LogP contribution < -0.4 is 15.1 Å². The highest BCUT2D eigenvalue weighted by Gasteiger charge is 2.50. The van der Waals surface area contributed by atoms with E-state index in [9.17, 15) is 4.79 Å². The zero-order valence-corrected chi connectivity index (χ0v) is 32.6. The minimum Gasteiger partial charge on any atom is -0.468 e. The number of amides is 1. The van der Waals surface area contributed by atoms with E-state index in [0.29, 0.717) is 32.9 Å². The number of carbonyl (C=O) groups is 1. The van der Waals surface area contributed by atoms with Crippen molar-refractivity contribution in [3.8, 4) is 5.75 Å². The third-order valence-electron chi connectivity index (χ3n) is 7.85. The molecule has 3 aromatic carbocycles. The molecule has 0 aliphatic heterocycles. The second-order valence-electron chi connectivity index (χ2n) is 13.8. The molecule has 9 heteroatoms. The molecule has 0 unspecified atom stereocenters. The number of carbonyl (C=O) groups excluding carboxylic acids is 1. The van der Waals surface area contributed by atoms with Gasteiger partial charge in [-0.3, -0.25) is 0 Å². The number of benzene rings is 3. The third kappa shape index (κ3) is 11.6. The Kier molecular flexibility index (Phi) is 15.4. The molecule has 0 aliphatic carbocycles. The lowest BCUT2D eigenvalue weighted by Crippen LogP contribution is -2.67. The summed E-state index contributed by atoms with van der Waals surface area (Å²) in [6.45, 7) is 16.9. The number of rotatable bonds is 17. The van der Waals surface area contributed by atoms with Gasteiger partial charge in [0, 0.05) is 31.3 Å². The molecular formula is C39H54BrNO6Si. The largest absolute Gasteiger partial charge is 0.468 e. The summed E-state index contributed by atoms with van der Waals surface area (Å²) in [5.41, 5.74) is 1.63. The minimum absolute atomic E-state index is 0.152. The molecule has 0 radical (unpaired) electrons. The zero-order chi connectivity index (χ0) is 35.2. The maximum absolute atomic E-state index is 13.3. The van der Waals surface area contributed by atoms with Gasteiger partial charge in [0.15, 0.2) is 6.79 Å². The second kappa shape index (κ2) is 18.7. The van der Waals surface area contributed by atoms with Crippen molar-refractivity contribution in [1.82, 2.24) is 4.90 Å². The predicted molar refractivity (Wildman–Crippen MR) is 202 cm³/mol. The number of nitrogens with zero attached hydrogens (tertiary/aromatic N) is 1. The van der Waals surface area contributed by atoms with Crippen molar-refractivity contribution >= 4 is 46.8 Å². The van der Waals surface area contributed by atoms with Gasteiger partial charge < -0.3 is 28.3 Å². The maximum Gasteiger partial charge on any atom is 0.410 e. The van der Waals surface area contributed by atoms with Crippen LogP contribution in [-0.2, 0) is 18.6 Å². The summed E-state index contributed by atoms with van der Waals surface area (Å²) in [6, 6.07) is 25.0. The van der Waals surface area contributed by atoms with Crippen LogP contribution in [0.1, 0.15) is 65.5 Å². The fourth-order valence-corrected chi connectivity index (χ4v) is 10.8. The first kappa shape index (κ1) is 39.5. The van der Waals surface area contributed by atoms with E-state index in [1.54, 1.807) is 12.0 Å². The van der Waals surface area contributed by atoms with Crippen molar-refractivity contribution in [2.45, 2.75) is 71.9 Å². The van der Waals surface area contributed by atoms with Crippen LogP contribution in [0, 0.1) is 6.92 Å². The molecule has 262 valence electrons. The SMILES string of the molecule is COCOc1cc(C)c(/C=C/CCCOCCN(CCO[Si](c2ccccc2)(c2ccccc2)C(C)(C)C)C(=O)OC(C)(C)C)c(Br)c1. The average molecular weight is 741 g/mol. The van der Waals surface area contributed by atoms with Crippen LogP contribution in [-0.4, -0.2) is 71.7 Å². The van der Waals surface area contributed by atoms with E-state index in [0.717, 1.165) is 34.2 Å². The van der Waals surface area contributed by atoms with Gasteiger partial charge in [-0.2, -0.15) is 0 Å². The van der Waals surface area contributed by atoms with Crippen LogP contribution in [0.25, 0.3) is 6.08 Å². The topological polar surface area (TPSA) is 66.5 Å². The lowest BCUT2D eigenvalue weighted by molar-refractivity contribution is 0.0146. The van der Waals surface area contributed by atoms with Crippen molar-refractivity contribution in [2.75, 3.05) is 46.8 Å². The van der Waals surface area contributed by atoms with Gasteiger partial charge in [0.1, 0.15) is 11.4 Å². The monoisotopic (exact) mass is 739 g/mol. The molecule has 0 saturated carbocycles. The Hall–Kier alpha value is -2.95. The number of aryl methyl sites for hydroxylation is 1. The molecule has 0 aromatic heterocycles. The smallest absolute Gasteiger partial charge is 0.410 e. The summed E-state index contributed by atoms with van der Waals surface area (Å²) in [7, 11) is -1.12. The molecule has 3 aromatic rings. The van der Waals surface area contributed by atoms with Gasteiger partial charge in [0.25, 0.3) is 8.32 Å². The van der Waals surface area contributed by atoms with Crippen LogP contribution in [0.3, 0.4) is 0 Å². The maximum atomic E-state index is 13.3. The lowest BCUT2D eigenvalue weighted by Gasteiger charge is -2.43. The van der Waals surface area contributed by atoms with Gasteiger partial charge >= 0.3 is 6.09 Å². The second-order valence-corrected chi connectivity index (χ2v) is 19.0. The minimum atomic E-state index is -2.73. The number of unbranched alkanes of at least 4 members (excludes halogenated alkanes) is 1. The summed E-state index contributed by atoms with van der Waals surface area (Å²) in [5.74, 6) is 0.766. The molecule has 1 amide bonds. The van der Waals surface area contributed by atoms with Gasteiger partial charge in [-0.15, -0.1) is 0 Å². The van der Waals surface area contributed by atoms with Gasteiger partial charge in [-0.05, 0) is 79.2 Å². The van der Waals surface area contributed by atoms with E-state index in [1.165, 1.54) is 10.4 Å². The molecule has 0 atom stereocenters. The van der Waals surface area contributed by atoms with Crippen molar-refractivity contribution < 1.29 is 28.2 Å². The highest BCUT2D eigenvalue weighted by atomic mass is 79.9. The van der Waals surface area contributed by atoms with Crippen molar-refractivity contribution in [1.29, 1.82) is 0 Å². The molecule has 0 fully saturated rings. The molecule has 0 spiro atoms. The fraction of sp³-hybridized carbons (Fsp3) is 0.462. The molecule has 3 rings (SSSR count). The summed E-state index contributed by atoms with van der Waals surface area (Å²) < 4.78 is 30.3. The van der Waals surface area contributed by atoms with Gasteiger partial charge in [0.2, 0.25) is 0 Å². The Morgan fingerprint density at radius 1 is 0.875 bits per heavy atom. The van der Waals surface area contributed by atoms with E-state index in [-0.39, 0.29) is 17.9 Å². The van der Waals surface area contributed by atoms with Gasteiger partial charge in [0.05, 0.1) is 13.2 Å². The van der Waals surface area contributed by atoms with Crippen LogP contribution in [0.4, 0.5) is 4.79 Å². The van der Waals surface area contributed by atoms with Gasteiger partial charge in [-0.25, -0.2) is 4.79 Å². The predicted octanol–water partition coefficient (Wildman–Crippen LogP) is 8.36. The number of hydrogen-bond donors (Lipinski definition) is 0. The molecule has 0 aliphatic rings. The van der Waals surface area contributed by atoms with E-state index in [4.69, 9.17) is 23.4 Å². The summed E-state index contributed by atoms with van der Waals surface area (Å²) in [5, 5.41) is 2.27. The normalized spacial score (nSPS) is 12.4. The van der Waals surface area contributed by atoms with Gasteiger partial charge in [-0.1, -0.05) is 110 Å². The average Bonchev–Trinajstić information content (AvgIpc) is 3.02. The van der Waals surface area contributed by atoms with Crippen LogP contribution in [0.2, 0.25) is 5.04 Å². The quantitative estimate of drug-likeness (QED) is 0.0788. The standard InChI is InChI=1S/C39H54BrNO6Si/c1-31-28-32(45-30-43-8)29-36(40)35(31)22-16-11-17-25-44-26-23-41(37(42)47-38(2,3)4)24-27-46-48(39(5,6)7,33-18-12-9-13-19-33)34-20-14-10-15-21-34/h9-10,12-16,18-22,28-29H,11,17,23-27,30H2,1-8H3/b22-16+.